The fourth-order valence-corrected chi connectivity index (χ4v) is 3.37. The lowest BCUT2D eigenvalue weighted by Crippen LogP contribution is -2.36. The Hall–Kier alpha value is -2.68. The molecule has 0 bridgehead atoms. The highest BCUT2D eigenvalue weighted by atomic mass is 16.7. The average Bonchev–Trinajstić information content (AvgIpc) is 2.70. The van der Waals surface area contributed by atoms with Gasteiger partial charge in [-0.05, 0) is 12.8 Å². The molecule has 1 aliphatic heterocycles. The minimum Gasteiger partial charge on any atom is -0.467 e. The molecular formula is C18H22N2O7. The van der Waals surface area contributed by atoms with Crippen LogP contribution >= 0.6 is 0 Å². The zero-order valence-corrected chi connectivity index (χ0v) is 14.9. The van der Waals surface area contributed by atoms with Gasteiger partial charge in [0.1, 0.15) is 18.9 Å². The first-order valence-corrected chi connectivity index (χ1v) is 8.98. The molecule has 0 atom stereocenters. The van der Waals surface area contributed by atoms with Crippen LogP contribution in [-0.2, 0) is 32.3 Å². The van der Waals surface area contributed by atoms with Gasteiger partial charge in [-0.3, -0.25) is 19.7 Å². The lowest BCUT2D eigenvalue weighted by molar-refractivity contribution is -0.385. The molecule has 1 fully saturated rings. The molecule has 0 unspecified atom stereocenters. The molecule has 1 saturated carbocycles. The van der Waals surface area contributed by atoms with Gasteiger partial charge in [-0.2, -0.15) is 0 Å². The van der Waals surface area contributed by atoms with E-state index in [1.807, 2.05) is 0 Å². The molecule has 0 spiro atoms. The summed E-state index contributed by atoms with van der Waals surface area (Å²) in [6.07, 6.45) is 4.90. The van der Waals surface area contributed by atoms with E-state index in [4.69, 9.17) is 14.2 Å². The number of ether oxygens (including phenoxy) is 3. The van der Waals surface area contributed by atoms with Crippen LogP contribution in [0.25, 0.3) is 0 Å². The highest BCUT2D eigenvalue weighted by molar-refractivity contribution is 5.83. The first kappa shape index (κ1) is 19.1. The summed E-state index contributed by atoms with van der Waals surface area (Å²) < 4.78 is 15.7. The number of non-ortho nitro benzene ring substituents is 1. The van der Waals surface area contributed by atoms with Crippen molar-refractivity contribution in [2.45, 2.75) is 45.3 Å². The molecule has 0 radical (unpaired) electrons. The fourth-order valence-electron chi connectivity index (χ4n) is 3.37. The number of nitrogens with zero attached hydrogens (tertiary/aromatic N) is 1. The Kier molecular flexibility index (Phi) is 6.23. The number of hydrogen-bond acceptors (Lipinski definition) is 7. The van der Waals surface area contributed by atoms with Crippen molar-refractivity contribution in [3.8, 4) is 5.75 Å². The average molecular weight is 378 g/mol. The molecule has 0 saturated heterocycles. The topological polar surface area (TPSA) is 117 Å². The summed E-state index contributed by atoms with van der Waals surface area (Å²) in [6.45, 7) is -0.183. The summed E-state index contributed by atoms with van der Waals surface area (Å²) in [5.41, 5.74) is 0.807. The SMILES string of the molecule is O=C(CNC(=O)C1CCCCC1)OCc1cc([N+](=O)[O-])cc2c1OCOC2. The van der Waals surface area contributed by atoms with Gasteiger partial charge in [-0.1, -0.05) is 19.3 Å². The van der Waals surface area contributed by atoms with Crippen LogP contribution in [0, 0.1) is 16.0 Å². The van der Waals surface area contributed by atoms with Crippen LogP contribution < -0.4 is 10.1 Å². The maximum atomic E-state index is 12.1. The quantitative estimate of drug-likeness (QED) is 0.458. The number of hydrogen-bond donors (Lipinski definition) is 1. The van der Waals surface area contributed by atoms with E-state index in [0.717, 1.165) is 32.1 Å². The zero-order chi connectivity index (χ0) is 19.2. The molecule has 1 aromatic carbocycles. The monoisotopic (exact) mass is 378 g/mol. The summed E-state index contributed by atoms with van der Waals surface area (Å²) >= 11 is 0. The van der Waals surface area contributed by atoms with Gasteiger partial charge in [0, 0.05) is 29.2 Å². The highest BCUT2D eigenvalue weighted by Crippen LogP contribution is 2.33. The number of carbonyl (C=O) groups is 2. The van der Waals surface area contributed by atoms with Crippen molar-refractivity contribution in [2.75, 3.05) is 13.3 Å². The Morgan fingerprint density at radius 1 is 1.26 bits per heavy atom. The highest BCUT2D eigenvalue weighted by Gasteiger charge is 2.23. The second-order valence-electron chi connectivity index (χ2n) is 6.67. The predicted molar refractivity (Wildman–Crippen MR) is 92.8 cm³/mol. The maximum absolute atomic E-state index is 12.1. The lowest BCUT2D eigenvalue weighted by atomic mass is 9.89. The summed E-state index contributed by atoms with van der Waals surface area (Å²) in [4.78, 5) is 34.6. The smallest absolute Gasteiger partial charge is 0.325 e. The fraction of sp³-hybridized carbons (Fsp3) is 0.556. The molecule has 1 aromatic rings. The van der Waals surface area contributed by atoms with E-state index in [1.54, 1.807) is 0 Å². The first-order chi connectivity index (χ1) is 13.0. The molecule has 9 heteroatoms. The van der Waals surface area contributed by atoms with Gasteiger partial charge < -0.3 is 19.5 Å². The number of carbonyl (C=O) groups excluding carboxylic acids is 2. The van der Waals surface area contributed by atoms with Gasteiger partial charge in [-0.25, -0.2) is 0 Å². The standard InChI is InChI=1S/C18H22N2O7/c21-16(8-19-18(22)12-4-2-1-3-5-12)26-10-14-7-15(20(23)24)6-13-9-25-11-27-17(13)14/h6-7,12H,1-5,8-11H2,(H,19,22). The van der Waals surface area contributed by atoms with Gasteiger partial charge in [-0.15, -0.1) is 0 Å². The van der Waals surface area contributed by atoms with Crippen molar-refractivity contribution in [2.24, 2.45) is 5.92 Å². The largest absolute Gasteiger partial charge is 0.467 e. The molecule has 1 aliphatic carbocycles. The molecule has 1 amide bonds. The van der Waals surface area contributed by atoms with Crippen molar-refractivity contribution < 1.29 is 28.7 Å². The number of benzene rings is 1. The number of nitro groups is 1. The number of amides is 1. The Morgan fingerprint density at radius 3 is 2.78 bits per heavy atom. The Bertz CT molecular complexity index is 729. The van der Waals surface area contributed by atoms with E-state index in [9.17, 15) is 19.7 Å². The maximum Gasteiger partial charge on any atom is 0.325 e. The van der Waals surface area contributed by atoms with Gasteiger partial charge >= 0.3 is 5.97 Å². The third-order valence-corrected chi connectivity index (χ3v) is 4.75. The molecule has 1 N–H and O–H groups in total. The molecular weight excluding hydrogens is 356 g/mol. The van der Waals surface area contributed by atoms with Crippen LogP contribution in [0.2, 0.25) is 0 Å². The number of rotatable bonds is 6. The Balaban J connectivity index is 1.56. The minimum atomic E-state index is -0.605. The van der Waals surface area contributed by atoms with Crippen LogP contribution in [0.3, 0.4) is 0 Å². The Labute approximate surface area is 156 Å². The van der Waals surface area contributed by atoms with Crippen molar-refractivity contribution in [1.82, 2.24) is 5.32 Å². The van der Waals surface area contributed by atoms with E-state index in [-0.39, 0.29) is 44.1 Å². The summed E-state index contributed by atoms with van der Waals surface area (Å²) in [7, 11) is 0. The van der Waals surface area contributed by atoms with Gasteiger partial charge in [0.2, 0.25) is 5.91 Å². The summed E-state index contributed by atoms with van der Waals surface area (Å²) in [6, 6.07) is 2.70. The van der Waals surface area contributed by atoms with Crippen LogP contribution in [0.15, 0.2) is 12.1 Å². The summed E-state index contributed by atoms with van der Waals surface area (Å²) in [5, 5.41) is 13.7. The van der Waals surface area contributed by atoms with Crippen molar-refractivity contribution in [3.05, 3.63) is 33.4 Å². The van der Waals surface area contributed by atoms with Crippen molar-refractivity contribution >= 4 is 17.6 Å². The Morgan fingerprint density at radius 2 is 2.04 bits per heavy atom. The number of nitrogens with one attached hydrogen (secondary N) is 1. The van der Waals surface area contributed by atoms with Crippen molar-refractivity contribution in [3.63, 3.8) is 0 Å². The molecule has 3 rings (SSSR count). The molecule has 27 heavy (non-hydrogen) atoms. The molecule has 2 aliphatic rings. The van der Waals surface area contributed by atoms with E-state index >= 15 is 0 Å². The van der Waals surface area contributed by atoms with Crippen molar-refractivity contribution in [1.29, 1.82) is 0 Å². The van der Waals surface area contributed by atoms with Crippen LogP contribution in [-0.4, -0.2) is 30.1 Å². The molecule has 0 aromatic heterocycles. The number of fused-ring (bicyclic) bond motifs is 1. The van der Waals surface area contributed by atoms with Gasteiger partial charge in [0.05, 0.1) is 11.5 Å². The van der Waals surface area contributed by atoms with E-state index in [2.05, 4.69) is 5.32 Å². The van der Waals surface area contributed by atoms with E-state index in [0.29, 0.717) is 16.9 Å². The second-order valence-corrected chi connectivity index (χ2v) is 6.67. The zero-order valence-electron chi connectivity index (χ0n) is 14.9. The minimum absolute atomic E-state index is 0.0310. The third kappa shape index (κ3) is 4.94. The summed E-state index contributed by atoms with van der Waals surface area (Å²) in [5.74, 6) is -0.332. The number of nitro benzene ring substituents is 1. The molecule has 1 heterocycles. The normalized spacial score (nSPS) is 16.7. The van der Waals surface area contributed by atoms with Crippen LogP contribution in [0.4, 0.5) is 5.69 Å². The lowest BCUT2D eigenvalue weighted by Gasteiger charge is -2.21. The predicted octanol–water partition coefficient (Wildman–Crippen LogP) is 2.20. The second kappa shape index (κ2) is 8.81. The molecule has 9 nitrogen and oxygen atoms in total. The van der Waals surface area contributed by atoms with E-state index in [1.165, 1.54) is 12.1 Å². The first-order valence-electron chi connectivity index (χ1n) is 8.98. The van der Waals surface area contributed by atoms with Crippen LogP contribution in [0.1, 0.15) is 43.2 Å². The molecule has 146 valence electrons. The van der Waals surface area contributed by atoms with Crippen LogP contribution in [0.5, 0.6) is 5.75 Å². The van der Waals surface area contributed by atoms with E-state index < -0.39 is 10.9 Å². The number of esters is 1. The van der Waals surface area contributed by atoms with Gasteiger partial charge in [0.25, 0.3) is 5.69 Å². The van der Waals surface area contributed by atoms with Gasteiger partial charge in [0.15, 0.2) is 6.79 Å². The third-order valence-electron chi connectivity index (χ3n) is 4.75.